The fourth-order valence-corrected chi connectivity index (χ4v) is 1.06. The number of methoxy groups -OCH3 is 1. The molecule has 0 saturated carbocycles. The predicted molar refractivity (Wildman–Crippen MR) is 53.6 cm³/mol. The number of amides is 1. The van der Waals surface area contributed by atoms with Crippen LogP contribution in [0.2, 0.25) is 0 Å². The first-order valence-corrected chi connectivity index (χ1v) is 4.60. The monoisotopic (exact) mass is 237 g/mol. The van der Waals surface area contributed by atoms with Gasteiger partial charge in [0.1, 0.15) is 12.3 Å². The summed E-state index contributed by atoms with van der Waals surface area (Å²) in [4.78, 5) is 11.4. The average molecular weight is 237 g/mol. The highest BCUT2D eigenvalue weighted by Gasteiger charge is 2.28. The maximum atomic E-state index is 11.9. The number of carbonyl (C=O) groups excluding carboxylic acids is 1. The van der Waals surface area contributed by atoms with Crippen LogP contribution in [0, 0.1) is 0 Å². The maximum absolute atomic E-state index is 11.9. The molecule has 0 aliphatic rings. The van der Waals surface area contributed by atoms with E-state index >= 15 is 0 Å². The second-order valence-electron chi connectivity index (χ2n) is 2.90. The molecule has 0 aromatic heterocycles. The van der Waals surface area contributed by atoms with Crippen LogP contribution < -0.4 is 5.32 Å². The van der Waals surface area contributed by atoms with Crippen LogP contribution in [-0.2, 0) is 9.53 Å². The molecule has 0 saturated heterocycles. The summed E-state index contributed by atoms with van der Waals surface area (Å²) in [5.41, 5.74) is 0.141. The maximum Gasteiger partial charge on any atom is 0.405 e. The molecule has 0 atom stereocenters. The number of carbonyl (C=O) groups is 1. The van der Waals surface area contributed by atoms with Gasteiger partial charge in [-0.05, 0) is 12.5 Å². The van der Waals surface area contributed by atoms with Crippen molar-refractivity contribution >= 4 is 5.91 Å². The fourth-order valence-electron chi connectivity index (χ4n) is 1.06. The lowest BCUT2D eigenvalue weighted by Crippen LogP contribution is -2.35. The molecule has 0 aliphatic carbocycles. The Morgan fingerprint density at radius 2 is 2.06 bits per heavy atom. The summed E-state index contributed by atoms with van der Waals surface area (Å²) < 4.78 is 40.4. The number of hydrogen-bond acceptors (Lipinski definition) is 2. The van der Waals surface area contributed by atoms with Gasteiger partial charge in [-0.3, -0.25) is 4.79 Å². The SMILES string of the molecule is C=C/C(OC)=C(\CC)C(=O)NCC(F)(F)F. The van der Waals surface area contributed by atoms with E-state index in [9.17, 15) is 18.0 Å². The summed E-state index contributed by atoms with van der Waals surface area (Å²) in [6, 6.07) is 0. The van der Waals surface area contributed by atoms with Crippen molar-refractivity contribution in [2.75, 3.05) is 13.7 Å². The highest BCUT2D eigenvalue weighted by molar-refractivity contribution is 5.94. The van der Waals surface area contributed by atoms with Crippen LogP contribution in [0.4, 0.5) is 13.2 Å². The molecule has 0 rings (SSSR count). The molecule has 0 spiro atoms. The minimum Gasteiger partial charge on any atom is -0.496 e. The zero-order valence-electron chi connectivity index (χ0n) is 9.15. The van der Waals surface area contributed by atoms with E-state index in [4.69, 9.17) is 4.74 Å². The van der Waals surface area contributed by atoms with Gasteiger partial charge in [0.05, 0.1) is 12.7 Å². The minimum absolute atomic E-state index is 0.141. The van der Waals surface area contributed by atoms with Gasteiger partial charge in [-0.25, -0.2) is 0 Å². The van der Waals surface area contributed by atoms with Crippen LogP contribution in [-0.4, -0.2) is 25.7 Å². The standard InChI is InChI=1S/C10H14F3NO2/c1-4-7(8(5-2)16-3)9(15)14-6-10(11,12)13/h5H,2,4,6H2,1,3H3,(H,14,15)/b8-7-. The molecule has 1 N–H and O–H groups in total. The molecule has 0 bridgehead atoms. The average Bonchev–Trinajstić information content (AvgIpc) is 2.21. The molecule has 0 heterocycles. The molecule has 3 nitrogen and oxygen atoms in total. The van der Waals surface area contributed by atoms with Gasteiger partial charge in [0.2, 0.25) is 0 Å². The van der Waals surface area contributed by atoms with Crippen LogP contribution >= 0.6 is 0 Å². The van der Waals surface area contributed by atoms with E-state index in [-0.39, 0.29) is 17.8 Å². The van der Waals surface area contributed by atoms with E-state index in [0.29, 0.717) is 0 Å². The van der Waals surface area contributed by atoms with E-state index in [1.807, 2.05) is 0 Å². The summed E-state index contributed by atoms with van der Waals surface area (Å²) in [6.07, 6.45) is -2.87. The number of halogens is 3. The molecule has 0 aromatic carbocycles. The normalized spacial score (nSPS) is 12.8. The van der Waals surface area contributed by atoms with Crippen LogP contribution in [0.1, 0.15) is 13.3 Å². The summed E-state index contributed by atoms with van der Waals surface area (Å²) >= 11 is 0. The molecule has 1 amide bonds. The number of rotatable bonds is 5. The Kier molecular flexibility index (Phi) is 5.63. The lowest BCUT2D eigenvalue weighted by molar-refractivity contribution is -0.136. The van der Waals surface area contributed by atoms with Crippen molar-refractivity contribution in [3.8, 4) is 0 Å². The first-order chi connectivity index (χ1) is 7.35. The predicted octanol–water partition coefficient (Wildman–Crippen LogP) is 2.16. The smallest absolute Gasteiger partial charge is 0.405 e. The quantitative estimate of drug-likeness (QED) is 0.452. The van der Waals surface area contributed by atoms with Gasteiger partial charge in [-0.1, -0.05) is 13.5 Å². The molecule has 92 valence electrons. The lowest BCUT2D eigenvalue weighted by atomic mass is 10.1. The van der Waals surface area contributed by atoms with E-state index < -0.39 is 18.6 Å². The van der Waals surface area contributed by atoms with Crippen molar-refractivity contribution in [2.24, 2.45) is 0 Å². The summed E-state index contributed by atoms with van der Waals surface area (Å²) in [5, 5.41) is 1.77. The third-order valence-electron chi connectivity index (χ3n) is 1.78. The minimum atomic E-state index is -4.42. The van der Waals surface area contributed by atoms with Crippen molar-refractivity contribution in [3.05, 3.63) is 24.0 Å². The van der Waals surface area contributed by atoms with Gasteiger partial charge in [0.25, 0.3) is 5.91 Å². The number of alkyl halides is 3. The molecular formula is C10H14F3NO2. The van der Waals surface area contributed by atoms with Crippen molar-refractivity contribution in [1.82, 2.24) is 5.32 Å². The Labute approximate surface area is 92.0 Å². The number of hydrogen-bond donors (Lipinski definition) is 1. The Bertz CT molecular complexity index is 295. The van der Waals surface area contributed by atoms with Crippen molar-refractivity contribution < 1.29 is 22.7 Å². The van der Waals surface area contributed by atoms with Crippen LogP contribution in [0.3, 0.4) is 0 Å². The van der Waals surface area contributed by atoms with Crippen LogP contribution in [0.15, 0.2) is 24.0 Å². The molecular weight excluding hydrogens is 223 g/mol. The third kappa shape index (κ3) is 4.86. The van der Waals surface area contributed by atoms with Gasteiger partial charge >= 0.3 is 6.18 Å². The van der Waals surface area contributed by atoms with Crippen molar-refractivity contribution in [3.63, 3.8) is 0 Å². The van der Waals surface area contributed by atoms with E-state index in [1.54, 1.807) is 12.2 Å². The van der Waals surface area contributed by atoms with Crippen molar-refractivity contribution in [2.45, 2.75) is 19.5 Å². The summed E-state index contributed by atoms with van der Waals surface area (Å²) in [5.74, 6) is -0.612. The van der Waals surface area contributed by atoms with Gasteiger partial charge < -0.3 is 10.1 Å². The van der Waals surface area contributed by atoms with Gasteiger partial charge in [-0.15, -0.1) is 0 Å². The lowest BCUT2D eigenvalue weighted by Gasteiger charge is -2.12. The van der Waals surface area contributed by atoms with Crippen molar-refractivity contribution in [1.29, 1.82) is 0 Å². The molecule has 0 aliphatic heterocycles. The first kappa shape index (κ1) is 14.5. The third-order valence-corrected chi connectivity index (χ3v) is 1.78. The zero-order valence-corrected chi connectivity index (χ0v) is 9.15. The molecule has 6 heteroatoms. The Balaban J connectivity index is 4.68. The fraction of sp³-hybridized carbons (Fsp3) is 0.500. The van der Waals surface area contributed by atoms with Crippen LogP contribution in [0.25, 0.3) is 0 Å². The molecule has 0 unspecified atom stereocenters. The summed E-state index contributed by atoms with van der Waals surface area (Å²) in [7, 11) is 1.32. The molecule has 0 radical (unpaired) electrons. The largest absolute Gasteiger partial charge is 0.496 e. The van der Waals surface area contributed by atoms with E-state index in [0.717, 1.165) is 0 Å². The van der Waals surface area contributed by atoms with Gasteiger partial charge in [-0.2, -0.15) is 13.2 Å². The molecule has 16 heavy (non-hydrogen) atoms. The second-order valence-corrected chi connectivity index (χ2v) is 2.90. The topological polar surface area (TPSA) is 38.3 Å². The van der Waals surface area contributed by atoms with Gasteiger partial charge in [0, 0.05) is 0 Å². The second kappa shape index (κ2) is 6.19. The van der Waals surface area contributed by atoms with Gasteiger partial charge in [0.15, 0.2) is 0 Å². The number of allylic oxidation sites excluding steroid dienone is 1. The number of nitrogens with one attached hydrogen (secondary N) is 1. The Morgan fingerprint density at radius 3 is 2.38 bits per heavy atom. The highest BCUT2D eigenvalue weighted by atomic mass is 19.4. The first-order valence-electron chi connectivity index (χ1n) is 4.60. The van der Waals surface area contributed by atoms with E-state index in [2.05, 4.69) is 6.58 Å². The number of ether oxygens (including phenoxy) is 1. The highest BCUT2D eigenvalue weighted by Crippen LogP contribution is 2.14. The summed E-state index contributed by atoms with van der Waals surface area (Å²) in [6.45, 7) is 3.69. The zero-order chi connectivity index (χ0) is 12.8. The molecule has 0 fully saturated rings. The van der Waals surface area contributed by atoms with E-state index in [1.165, 1.54) is 13.2 Å². The Hall–Kier alpha value is -1.46. The van der Waals surface area contributed by atoms with Crippen LogP contribution in [0.5, 0.6) is 0 Å². The Morgan fingerprint density at radius 1 is 1.50 bits per heavy atom. The molecule has 0 aromatic rings.